The maximum atomic E-state index is 13.0. The Morgan fingerprint density at radius 2 is 2.00 bits per heavy atom. The smallest absolute Gasteiger partial charge is 0.358 e. The fourth-order valence-electron chi connectivity index (χ4n) is 4.41. The van der Waals surface area contributed by atoms with Crippen molar-refractivity contribution < 1.29 is 23.9 Å². The van der Waals surface area contributed by atoms with Gasteiger partial charge in [0.05, 0.1) is 44.6 Å². The fraction of sp³-hybridized carbons (Fsp3) is 0.611. The summed E-state index contributed by atoms with van der Waals surface area (Å²) in [7, 11) is 1.25. The third-order valence-corrected chi connectivity index (χ3v) is 5.78. The van der Waals surface area contributed by atoms with Crippen molar-refractivity contribution in [1.29, 1.82) is 0 Å². The Bertz CT molecular complexity index is 795. The highest BCUT2D eigenvalue weighted by molar-refractivity contribution is 5.94. The van der Waals surface area contributed by atoms with Crippen molar-refractivity contribution in [3.05, 3.63) is 23.8 Å². The van der Waals surface area contributed by atoms with Gasteiger partial charge in [0.2, 0.25) is 5.91 Å². The first-order valence-electron chi connectivity index (χ1n) is 9.06. The van der Waals surface area contributed by atoms with E-state index in [1.54, 1.807) is 4.90 Å². The highest BCUT2D eigenvalue weighted by Gasteiger charge is 2.65. The van der Waals surface area contributed by atoms with Crippen LogP contribution in [0.4, 0.5) is 0 Å². The molecule has 0 aromatic carbocycles. The molecule has 3 fully saturated rings. The molecule has 1 aromatic heterocycles. The number of carbonyl (C=O) groups excluding carboxylic acids is 3. The van der Waals surface area contributed by atoms with E-state index in [1.807, 2.05) is 4.90 Å². The molecule has 9 nitrogen and oxygen atoms in total. The van der Waals surface area contributed by atoms with E-state index in [4.69, 9.17) is 4.74 Å². The van der Waals surface area contributed by atoms with Gasteiger partial charge in [-0.25, -0.2) is 14.8 Å². The highest BCUT2D eigenvalue weighted by Crippen LogP contribution is 2.49. The van der Waals surface area contributed by atoms with Gasteiger partial charge in [-0.2, -0.15) is 0 Å². The lowest BCUT2D eigenvalue weighted by Crippen LogP contribution is -2.51. The molecule has 0 unspecified atom stereocenters. The van der Waals surface area contributed by atoms with Gasteiger partial charge in [0.25, 0.3) is 5.91 Å². The molecule has 4 heterocycles. The molecule has 9 heteroatoms. The quantitative estimate of drug-likeness (QED) is 0.708. The van der Waals surface area contributed by atoms with Crippen LogP contribution in [0, 0.1) is 5.92 Å². The Labute approximate surface area is 156 Å². The van der Waals surface area contributed by atoms with Crippen molar-refractivity contribution in [3.63, 3.8) is 0 Å². The topological polar surface area (TPSA) is 102 Å². The molecule has 3 atom stereocenters. The van der Waals surface area contributed by atoms with E-state index in [0.717, 1.165) is 0 Å². The van der Waals surface area contributed by atoms with Gasteiger partial charge in [0, 0.05) is 13.0 Å². The minimum atomic E-state index is -0.721. The van der Waals surface area contributed by atoms with Crippen LogP contribution in [-0.4, -0.2) is 75.6 Å². The number of aromatic nitrogens is 2. The predicted molar refractivity (Wildman–Crippen MR) is 91.6 cm³/mol. The van der Waals surface area contributed by atoms with Crippen LogP contribution in [-0.2, 0) is 14.3 Å². The lowest BCUT2D eigenvalue weighted by Gasteiger charge is -2.34. The normalized spacial score (nSPS) is 29.3. The van der Waals surface area contributed by atoms with Crippen molar-refractivity contribution in [3.8, 4) is 0 Å². The predicted octanol–water partition coefficient (Wildman–Crippen LogP) is 0.461. The SMILES string of the molecule is COC(=O)c1cnc(C(=O)N2CC[C@@]34OC[C@@H](C(C)C)N3C(=O)C[C@@H]24)cn1. The van der Waals surface area contributed by atoms with Crippen molar-refractivity contribution in [2.75, 3.05) is 20.3 Å². The lowest BCUT2D eigenvalue weighted by atomic mass is 10.0. The number of rotatable bonds is 3. The number of hydrogen-bond donors (Lipinski definition) is 0. The second-order valence-electron chi connectivity index (χ2n) is 7.48. The largest absolute Gasteiger partial charge is 0.464 e. The molecular weight excluding hydrogens is 352 g/mol. The van der Waals surface area contributed by atoms with Gasteiger partial charge in [-0.1, -0.05) is 13.8 Å². The maximum absolute atomic E-state index is 13.0. The number of ether oxygens (including phenoxy) is 2. The van der Waals surface area contributed by atoms with Crippen LogP contribution >= 0.6 is 0 Å². The molecular formula is C18H22N4O5. The lowest BCUT2D eigenvalue weighted by molar-refractivity contribution is -0.139. The standard InChI is InChI=1S/C18H22N4O5/c1-10(2)13-9-27-18-4-5-21(14(18)6-15(23)22(13)18)16(24)11-7-20-12(8-19-11)17(25)26-3/h7-8,10,13-14H,4-6,9H2,1-3H3/t13-,14+,18-/m0/s1. The molecule has 1 spiro atoms. The first-order valence-corrected chi connectivity index (χ1v) is 9.06. The Balaban J connectivity index is 1.57. The van der Waals surface area contributed by atoms with E-state index in [0.29, 0.717) is 19.6 Å². The van der Waals surface area contributed by atoms with E-state index >= 15 is 0 Å². The molecule has 144 valence electrons. The molecule has 4 rings (SSSR count). The zero-order valence-electron chi connectivity index (χ0n) is 15.5. The van der Waals surface area contributed by atoms with Crippen LogP contribution in [0.15, 0.2) is 12.4 Å². The number of methoxy groups -OCH3 is 1. The van der Waals surface area contributed by atoms with Crippen LogP contribution in [0.5, 0.6) is 0 Å². The van der Waals surface area contributed by atoms with Crippen molar-refractivity contribution in [2.24, 2.45) is 5.92 Å². The zero-order chi connectivity index (χ0) is 19.3. The first-order chi connectivity index (χ1) is 12.9. The van der Waals surface area contributed by atoms with E-state index in [2.05, 4.69) is 28.6 Å². The molecule has 0 radical (unpaired) electrons. The first kappa shape index (κ1) is 17.8. The second kappa shape index (κ2) is 6.26. The van der Waals surface area contributed by atoms with Crippen LogP contribution in [0.2, 0.25) is 0 Å². The Hall–Kier alpha value is -2.55. The van der Waals surface area contributed by atoms with Gasteiger partial charge in [0.1, 0.15) is 5.69 Å². The molecule has 27 heavy (non-hydrogen) atoms. The number of amides is 2. The second-order valence-corrected chi connectivity index (χ2v) is 7.48. The van der Waals surface area contributed by atoms with Gasteiger partial charge in [-0.3, -0.25) is 9.59 Å². The summed E-state index contributed by atoms with van der Waals surface area (Å²) in [5.41, 5.74) is -0.557. The van der Waals surface area contributed by atoms with Crippen molar-refractivity contribution in [2.45, 2.75) is 44.5 Å². The summed E-state index contributed by atoms with van der Waals surface area (Å²) in [4.78, 5) is 48.6. The third-order valence-electron chi connectivity index (χ3n) is 5.78. The monoisotopic (exact) mass is 374 g/mol. The van der Waals surface area contributed by atoms with E-state index < -0.39 is 11.7 Å². The minimum absolute atomic E-state index is 0.0285. The van der Waals surface area contributed by atoms with Gasteiger partial charge in [-0.05, 0) is 5.92 Å². The summed E-state index contributed by atoms with van der Waals surface area (Å²) < 4.78 is 10.7. The number of nitrogens with zero attached hydrogens (tertiary/aromatic N) is 4. The van der Waals surface area contributed by atoms with Crippen molar-refractivity contribution >= 4 is 17.8 Å². The molecule has 0 aliphatic carbocycles. The molecule has 3 saturated heterocycles. The zero-order valence-corrected chi connectivity index (χ0v) is 15.5. The number of hydrogen-bond acceptors (Lipinski definition) is 7. The average Bonchev–Trinajstić information content (AvgIpc) is 3.29. The van der Waals surface area contributed by atoms with Crippen LogP contribution in [0.1, 0.15) is 47.7 Å². The van der Waals surface area contributed by atoms with Crippen LogP contribution < -0.4 is 0 Å². The number of esters is 1. The van der Waals surface area contributed by atoms with Crippen LogP contribution in [0.3, 0.4) is 0 Å². The molecule has 3 aliphatic rings. The summed E-state index contributed by atoms with van der Waals surface area (Å²) in [6, 6.07) is -0.292. The molecule has 0 bridgehead atoms. The summed E-state index contributed by atoms with van der Waals surface area (Å²) in [5.74, 6) is -0.612. The average molecular weight is 374 g/mol. The Morgan fingerprint density at radius 3 is 2.63 bits per heavy atom. The Morgan fingerprint density at radius 1 is 1.30 bits per heavy atom. The summed E-state index contributed by atoms with van der Waals surface area (Å²) in [6.45, 7) is 5.13. The molecule has 0 N–H and O–H groups in total. The summed E-state index contributed by atoms with van der Waals surface area (Å²) >= 11 is 0. The highest BCUT2D eigenvalue weighted by atomic mass is 16.5. The maximum Gasteiger partial charge on any atom is 0.358 e. The van der Waals surface area contributed by atoms with Gasteiger partial charge < -0.3 is 19.3 Å². The van der Waals surface area contributed by atoms with Crippen molar-refractivity contribution in [1.82, 2.24) is 19.8 Å². The molecule has 2 amide bonds. The third kappa shape index (κ3) is 2.52. The van der Waals surface area contributed by atoms with Gasteiger partial charge in [-0.15, -0.1) is 0 Å². The van der Waals surface area contributed by atoms with Gasteiger partial charge >= 0.3 is 5.97 Å². The summed E-state index contributed by atoms with van der Waals surface area (Å²) in [6.07, 6.45) is 3.33. The number of carbonyl (C=O) groups is 3. The number of likely N-dealkylation sites (tertiary alicyclic amines) is 1. The summed E-state index contributed by atoms with van der Waals surface area (Å²) in [5, 5.41) is 0. The molecule has 3 aliphatic heterocycles. The molecule has 1 aromatic rings. The van der Waals surface area contributed by atoms with E-state index in [1.165, 1.54) is 19.5 Å². The molecule has 0 saturated carbocycles. The van der Waals surface area contributed by atoms with E-state index in [9.17, 15) is 14.4 Å². The van der Waals surface area contributed by atoms with Gasteiger partial charge in [0.15, 0.2) is 11.4 Å². The van der Waals surface area contributed by atoms with E-state index in [-0.39, 0.29) is 47.6 Å². The van der Waals surface area contributed by atoms with Crippen LogP contribution in [0.25, 0.3) is 0 Å². The minimum Gasteiger partial charge on any atom is -0.464 e. The fourth-order valence-corrected chi connectivity index (χ4v) is 4.41. The Kier molecular flexibility index (Phi) is 4.14.